The van der Waals surface area contributed by atoms with Gasteiger partial charge in [0.1, 0.15) is 5.82 Å². The molecule has 0 bridgehead atoms. The molecule has 1 aromatic carbocycles. The second-order valence-corrected chi connectivity index (χ2v) is 5.50. The van der Waals surface area contributed by atoms with Crippen LogP contribution in [0.4, 0.5) is 5.82 Å². The van der Waals surface area contributed by atoms with Gasteiger partial charge in [0.05, 0.1) is 5.69 Å². The van der Waals surface area contributed by atoms with E-state index in [4.69, 9.17) is 0 Å². The number of benzene rings is 1. The first kappa shape index (κ1) is 12.2. The quantitative estimate of drug-likeness (QED) is 0.907. The summed E-state index contributed by atoms with van der Waals surface area (Å²) < 4.78 is 0. The van der Waals surface area contributed by atoms with Crippen LogP contribution in [-0.2, 0) is 0 Å². The van der Waals surface area contributed by atoms with Crippen LogP contribution in [0, 0.1) is 20.8 Å². The molecule has 98 valence electrons. The van der Waals surface area contributed by atoms with Crippen LogP contribution >= 0.6 is 0 Å². The molecule has 1 N–H and O–H groups in total. The average molecular weight is 253 g/mol. The normalized spacial score (nSPS) is 14.5. The maximum atomic E-state index is 4.37. The smallest absolute Gasteiger partial charge is 0.148 e. The zero-order valence-corrected chi connectivity index (χ0v) is 11.7. The summed E-state index contributed by atoms with van der Waals surface area (Å²) in [6.45, 7) is 6.39. The topological polar surface area (TPSA) is 37.8 Å². The summed E-state index contributed by atoms with van der Waals surface area (Å²) in [6, 6.07) is 9.09. The molecule has 0 radical (unpaired) electrons. The molecule has 19 heavy (non-hydrogen) atoms. The van der Waals surface area contributed by atoms with Crippen LogP contribution in [0.25, 0.3) is 11.3 Å². The SMILES string of the molecule is Cc1cc(C)c(-c2ccc(NC3CC3)nn2)c(C)c1. The summed E-state index contributed by atoms with van der Waals surface area (Å²) >= 11 is 0. The van der Waals surface area contributed by atoms with E-state index in [1.165, 1.54) is 35.1 Å². The van der Waals surface area contributed by atoms with Crippen molar-refractivity contribution in [2.24, 2.45) is 0 Å². The van der Waals surface area contributed by atoms with E-state index in [2.05, 4.69) is 54.5 Å². The molecule has 2 aromatic rings. The molecule has 1 aromatic heterocycles. The number of hydrogen-bond donors (Lipinski definition) is 1. The number of aromatic nitrogens is 2. The van der Waals surface area contributed by atoms with Crippen LogP contribution in [0.5, 0.6) is 0 Å². The highest BCUT2D eigenvalue weighted by Crippen LogP contribution is 2.28. The number of nitrogens with one attached hydrogen (secondary N) is 1. The Balaban J connectivity index is 1.93. The summed E-state index contributed by atoms with van der Waals surface area (Å²) in [5, 5.41) is 12.0. The largest absolute Gasteiger partial charge is 0.366 e. The Morgan fingerprint density at radius 2 is 1.68 bits per heavy atom. The van der Waals surface area contributed by atoms with Crippen molar-refractivity contribution >= 4 is 5.82 Å². The first-order valence-corrected chi connectivity index (χ1v) is 6.82. The van der Waals surface area contributed by atoms with Gasteiger partial charge < -0.3 is 5.32 Å². The molecule has 1 heterocycles. The molecule has 3 nitrogen and oxygen atoms in total. The van der Waals surface area contributed by atoms with Gasteiger partial charge in [0.2, 0.25) is 0 Å². The Morgan fingerprint density at radius 1 is 1.00 bits per heavy atom. The highest BCUT2D eigenvalue weighted by Gasteiger charge is 2.21. The third-order valence-electron chi connectivity index (χ3n) is 3.53. The zero-order valence-electron chi connectivity index (χ0n) is 11.7. The summed E-state index contributed by atoms with van der Waals surface area (Å²) in [5.74, 6) is 0.883. The summed E-state index contributed by atoms with van der Waals surface area (Å²) in [6.07, 6.45) is 2.50. The van der Waals surface area contributed by atoms with E-state index in [9.17, 15) is 0 Å². The van der Waals surface area contributed by atoms with E-state index in [0.717, 1.165) is 11.5 Å². The van der Waals surface area contributed by atoms with Crippen LogP contribution in [0.3, 0.4) is 0 Å². The van der Waals surface area contributed by atoms with E-state index >= 15 is 0 Å². The van der Waals surface area contributed by atoms with Gasteiger partial charge >= 0.3 is 0 Å². The molecule has 0 atom stereocenters. The van der Waals surface area contributed by atoms with Crippen molar-refractivity contribution in [3.8, 4) is 11.3 Å². The minimum atomic E-state index is 0.614. The molecule has 1 aliphatic rings. The van der Waals surface area contributed by atoms with Gasteiger partial charge in [-0.25, -0.2) is 0 Å². The van der Waals surface area contributed by atoms with E-state index in [0.29, 0.717) is 6.04 Å². The lowest BCUT2D eigenvalue weighted by molar-refractivity contribution is 1.00. The summed E-state index contributed by atoms with van der Waals surface area (Å²) in [4.78, 5) is 0. The molecular weight excluding hydrogens is 234 g/mol. The van der Waals surface area contributed by atoms with Crippen LogP contribution in [0.15, 0.2) is 24.3 Å². The molecule has 1 aliphatic carbocycles. The number of anilines is 1. The van der Waals surface area contributed by atoms with Crippen molar-refractivity contribution in [3.05, 3.63) is 41.0 Å². The number of hydrogen-bond acceptors (Lipinski definition) is 3. The molecule has 3 rings (SSSR count). The number of nitrogens with zero attached hydrogens (tertiary/aromatic N) is 2. The van der Waals surface area contributed by atoms with Crippen molar-refractivity contribution < 1.29 is 0 Å². The zero-order chi connectivity index (χ0) is 13.4. The molecule has 0 aliphatic heterocycles. The number of aryl methyl sites for hydroxylation is 3. The summed E-state index contributed by atoms with van der Waals surface area (Å²) in [5.41, 5.74) is 5.97. The Bertz CT molecular complexity index is 575. The van der Waals surface area contributed by atoms with Crippen LogP contribution in [0.1, 0.15) is 29.5 Å². The molecule has 0 amide bonds. The maximum Gasteiger partial charge on any atom is 0.148 e. The van der Waals surface area contributed by atoms with Gasteiger partial charge in [0.25, 0.3) is 0 Å². The highest BCUT2D eigenvalue weighted by atomic mass is 15.2. The van der Waals surface area contributed by atoms with E-state index < -0.39 is 0 Å². The second kappa shape index (κ2) is 4.65. The van der Waals surface area contributed by atoms with Gasteiger partial charge in [-0.1, -0.05) is 17.7 Å². The molecule has 3 heteroatoms. The van der Waals surface area contributed by atoms with Gasteiger partial charge in [0.15, 0.2) is 0 Å². The lowest BCUT2D eigenvalue weighted by Gasteiger charge is -2.11. The molecule has 0 saturated heterocycles. The average Bonchev–Trinajstić information content (AvgIpc) is 3.14. The fourth-order valence-electron chi connectivity index (χ4n) is 2.56. The Hall–Kier alpha value is -1.90. The minimum absolute atomic E-state index is 0.614. The second-order valence-electron chi connectivity index (χ2n) is 5.50. The van der Waals surface area contributed by atoms with Crippen molar-refractivity contribution in [1.29, 1.82) is 0 Å². The molecule has 1 fully saturated rings. The Morgan fingerprint density at radius 3 is 2.21 bits per heavy atom. The number of rotatable bonds is 3. The molecule has 0 unspecified atom stereocenters. The molecular formula is C16H19N3. The van der Waals surface area contributed by atoms with Gasteiger partial charge in [-0.2, -0.15) is 0 Å². The first-order chi connectivity index (χ1) is 9.13. The lowest BCUT2D eigenvalue weighted by Crippen LogP contribution is -2.04. The van der Waals surface area contributed by atoms with Gasteiger partial charge in [0, 0.05) is 11.6 Å². The van der Waals surface area contributed by atoms with Crippen LogP contribution in [0.2, 0.25) is 0 Å². The van der Waals surface area contributed by atoms with Crippen LogP contribution in [-0.4, -0.2) is 16.2 Å². The van der Waals surface area contributed by atoms with E-state index in [-0.39, 0.29) is 0 Å². The van der Waals surface area contributed by atoms with Gasteiger partial charge in [-0.15, -0.1) is 10.2 Å². The van der Waals surface area contributed by atoms with Crippen molar-refractivity contribution in [1.82, 2.24) is 10.2 Å². The van der Waals surface area contributed by atoms with Crippen molar-refractivity contribution in [2.45, 2.75) is 39.7 Å². The Kier molecular flexibility index (Phi) is 2.97. The van der Waals surface area contributed by atoms with E-state index in [1.807, 2.05) is 6.07 Å². The van der Waals surface area contributed by atoms with E-state index in [1.54, 1.807) is 0 Å². The van der Waals surface area contributed by atoms with Crippen molar-refractivity contribution in [2.75, 3.05) is 5.32 Å². The first-order valence-electron chi connectivity index (χ1n) is 6.82. The maximum absolute atomic E-state index is 4.37. The molecule has 0 spiro atoms. The van der Waals surface area contributed by atoms with Gasteiger partial charge in [-0.05, 0) is 56.9 Å². The fraction of sp³-hybridized carbons (Fsp3) is 0.375. The molecule has 1 saturated carbocycles. The third-order valence-corrected chi connectivity index (χ3v) is 3.53. The minimum Gasteiger partial charge on any atom is -0.366 e. The predicted octanol–water partition coefficient (Wildman–Crippen LogP) is 3.64. The summed E-state index contributed by atoms with van der Waals surface area (Å²) in [7, 11) is 0. The lowest BCUT2D eigenvalue weighted by atomic mass is 9.97. The van der Waals surface area contributed by atoms with Crippen LogP contribution < -0.4 is 5.32 Å². The monoisotopic (exact) mass is 253 g/mol. The fourth-order valence-corrected chi connectivity index (χ4v) is 2.56. The highest BCUT2D eigenvalue weighted by molar-refractivity contribution is 5.68. The third kappa shape index (κ3) is 2.60. The predicted molar refractivity (Wildman–Crippen MR) is 78.3 cm³/mol. The van der Waals surface area contributed by atoms with Crippen molar-refractivity contribution in [3.63, 3.8) is 0 Å². The standard InChI is InChI=1S/C16H19N3/c1-10-8-11(2)16(12(3)9-10)14-6-7-15(19-18-14)17-13-4-5-13/h6-9,13H,4-5H2,1-3H3,(H,17,19). The van der Waals surface area contributed by atoms with Gasteiger partial charge in [-0.3, -0.25) is 0 Å². The Labute approximate surface area is 114 Å².